The fourth-order valence-corrected chi connectivity index (χ4v) is 5.51. The van der Waals surface area contributed by atoms with E-state index in [4.69, 9.17) is 19.9 Å². The second kappa shape index (κ2) is 9.97. The zero-order valence-electron chi connectivity index (χ0n) is 19.4. The van der Waals surface area contributed by atoms with E-state index in [1.165, 1.54) is 42.4 Å². The normalized spacial score (nSPS) is 25.6. The van der Waals surface area contributed by atoms with Crippen molar-refractivity contribution in [2.24, 2.45) is 16.6 Å². The van der Waals surface area contributed by atoms with Crippen LogP contribution in [0.5, 0.6) is 5.88 Å². The van der Waals surface area contributed by atoms with Gasteiger partial charge in [0.2, 0.25) is 5.88 Å². The molecule has 10 heteroatoms. The van der Waals surface area contributed by atoms with E-state index in [2.05, 4.69) is 15.0 Å². The van der Waals surface area contributed by atoms with Gasteiger partial charge in [-0.3, -0.25) is 4.99 Å². The maximum Gasteiger partial charge on any atom is 0.232 e. The fraction of sp³-hybridized carbons (Fsp3) is 0.458. The Morgan fingerprint density at radius 2 is 2.09 bits per heavy atom. The van der Waals surface area contributed by atoms with Crippen LogP contribution >= 0.6 is 11.8 Å². The standard InChI is InChI=1S/C24H28F2N4O3S/c1-23(14-31-3)13-24(2,30-22(27)34-23)17-6-15(4-5-18(17)25)7-19(26)20-8-29-21(9-28-20)33-12-16-10-32-11-16/h4-9,16H,10-14H2,1-3H3,(H2,27,30)/b19-7-/t23-,24+/m1/s1. The minimum Gasteiger partial charge on any atom is -0.476 e. The van der Waals surface area contributed by atoms with Crippen molar-refractivity contribution in [3.63, 3.8) is 0 Å². The summed E-state index contributed by atoms with van der Waals surface area (Å²) in [4.78, 5) is 12.8. The maximum absolute atomic E-state index is 14.9. The first kappa shape index (κ1) is 24.6. The molecule has 1 saturated heterocycles. The largest absolute Gasteiger partial charge is 0.476 e. The monoisotopic (exact) mass is 490 g/mol. The number of halogens is 2. The number of ether oxygens (including phenoxy) is 3. The molecule has 0 amide bonds. The summed E-state index contributed by atoms with van der Waals surface area (Å²) in [6.07, 6.45) is 4.49. The topological polar surface area (TPSA) is 91.8 Å². The summed E-state index contributed by atoms with van der Waals surface area (Å²) in [5.74, 6) is -0.352. The minimum atomic E-state index is -0.919. The van der Waals surface area contributed by atoms with Gasteiger partial charge in [0.05, 0.1) is 44.4 Å². The van der Waals surface area contributed by atoms with Crippen molar-refractivity contribution in [2.45, 2.75) is 30.6 Å². The Morgan fingerprint density at radius 3 is 2.74 bits per heavy atom. The quantitative estimate of drug-likeness (QED) is 0.594. The number of methoxy groups -OCH3 is 1. The van der Waals surface area contributed by atoms with E-state index in [0.717, 1.165) is 0 Å². The molecular weight excluding hydrogens is 462 g/mol. The number of nitrogens with zero attached hydrogens (tertiary/aromatic N) is 3. The predicted octanol–water partition coefficient (Wildman–Crippen LogP) is 4.18. The van der Waals surface area contributed by atoms with Crippen LogP contribution in [0.3, 0.4) is 0 Å². The molecule has 0 saturated carbocycles. The van der Waals surface area contributed by atoms with Gasteiger partial charge in [0.1, 0.15) is 11.5 Å². The Balaban J connectivity index is 1.55. The number of aromatic nitrogens is 2. The maximum atomic E-state index is 14.9. The number of benzene rings is 1. The molecule has 2 aliphatic heterocycles. The molecule has 2 aromatic rings. The summed E-state index contributed by atoms with van der Waals surface area (Å²) in [6, 6.07) is 4.42. The molecule has 0 unspecified atom stereocenters. The molecule has 0 aliphatic carbocycles. The Kier molecular flexibility index (Phi) is 7.20. The molecule has 1 fully saturated rings. The number of hydrogen-bond donors (Lipinski definition) is 1. The molecule has 0 radical (unpaired) electrons. The van der Waals surface area contributed by atoms with Crippen LogP contribution in [0.4, 0.5) is 8.78 Å². The van der Waals surface area contributed by atoms with E-state index in [0.29, 0.717) is 60.9 Å². The van der Waals surface area contributed by atoms with Gasteiger partial charge in [-0.25, -0.2) is 18.7 Å². The molecule has 2 aliphatic rings. The Labute approximate surface area is 201 Å². The van der Waals surface area contributed by atoms with Crippen molar-refractivity contribution in [1.29, 1.82) is 0 Å². The third kappa shape index (κ3) is 5.56. The number of nitrogens with two attached hydrogens (primary N) is 1. The van der Waals surface area contributed by atoms with Gasteiger partial charge in [0.25, 0.3) is 0 Å². The summed E-state index contributed by atoms with van der Waals surface area (Å²) < 4.78 is 45.5. The third-order valence-corrected chi connectivity index (χ3v) is 6.84. The molecule has 1 aromatic carbocycles. The average molecular weight is 491 g/mol. The van der Waals surface area contributed by atoms with E-state index in [1.54, 1.807) is 13.2 Å². The summed E-state index contributed by atoms with van der Waals surface area (Å²) >= 11 is 1.42. The highest BCUT2D eigenvalue weighted by Crippen LogP contribution is 2.46. The summed E-state index contributed by atoms with van der Waals surface area (Å²) in [5, 5.41) is 0.363. The number of aliphatic imine (C=N–C) groups is 1. The molecule has 1 aromatic heterocycles. The average Bonchev–Trinajstić information content (AvgIpc) is 2.73. The van der Waals surface area contributed by atoms with Crippen molar-refractivity contribution in [3.05, 3.63) is 53.2 Å². The van der Waals surface area contributed by atoms with Crippen LogP contribution in [-0.4, -0.2) is 53.4 Å². The zero-order chi connectivity index (χ0) is 24.3. The van der Waals surface area contributed by atoms with Crippen LogP contribution in [0, 0.1) is 11.7 Å². The van der Waals surface area contributed by atoms with Crippen molar-refractivity contribution in [2.75, 3.05) is 33.5 Å². The number of thioether (sulfide) groups is 1. The number of amidine groups is 1. The van der Waals surface area contributed by atoms with Crippen molar-refractivity contribution >= 4 is 28.8 Å². The molecule has 0 spiro atoms. The first-order valence-electron chi connectivity index (χ1n) is 10.9. The highest BCUT2D eigenvalue weighted by Gasteiger charge is 2.43. The molecule has 2 N–H and O–H groups in total. The van der Waals surface area contributed by atoms with Crippen molar-refractivity contribution in [3.8, 4) is 5.88 Å². The lowest BCUT2D eigenvalue weighted by Gasteiger charge is -2.41. The third-order valence-electron chi connectivity index (χ3n) is 5.79. The van der Waals surface area contributed by atoms with Crippen LogP contribution in [0.2, 0.25) is 0 Å². The van der Waals surface area contributed by atoms with Crippen molar-refractivity contribution in [1.82, 2.24) is 9.97 Å². The summed E-state index contributed by atoms with van der Waals surface area (Å²) in [6.45, 7) is 6.10. The highest BCUT2D eigenvalue weighted by atomic mass is 32.2. The SMILES string of the molecule is COC[C@@]1(C)C[C@@](C)(c2cc(/C=C(\F)c3cnc(OCC4COC4)cn3)ccc2F)N=C(N)S1. The van der Waals surface area contributed by atoms with E-state index < -0.39 is 17.2 Å². The summed E-state index contributed by atoms with van der Waals surface area (Å²) in [7, 11) is 1.62. The van der Waals surface area contributed by atoms with Gasteiger partial charge in [-0.05, 0) is 44.0 Å². The van der Waals surface area contributed by atoms with E-state index >= 15 is 0 Å². The van der Waals surface area contributed by atoms with Crippen LogP contribution in [0.15, 0.2) is 35.6 Å². The molecule has 2 atom stereocenters. The number of rotatable bonds is 8. The lowest BCUT2D eigenvalue weighted by Crippen LogP contribution is -2.43. The van der Waals surface area contributed by atoms with Crippen LogP contribution in [0.1, 0.15) is 37.1 Å². The Morgan fingerprint density at radius 1 is 1.29 bits per heavy atom. The van der Waals surface area contributed by atoms with Crippen LogP contribution < -0.4 is 10.5 Å². The fourth-order valence-electron chi connectivity index (χ4n) is 4.23. The van der Waals surface area contributed by atoms with Gasteiger partial charge in [0, 0.05) is 23.3 Å². The molecule has 4 rings (SSSR count). The van der Waals surface area contributed by atoms with Gasteiger partial charge < -0.3 is 19.9 Å². The van der Waals surface area contributed by atoms with Gasteiger partial charge in [-0.15, -0.1) is 0 Å². The van der Waals surface area contributed by atoms with Crippen molar-refractivity contribution < 1.29 is 23.0 Å². The first-order valence-corrected chi connectivity index (χ1v) is 11.7. The summed E-state index contributed by atoms with van der Waals surface area (Å²) in [5.41, 5.74) is 6.04. The smallest absolute Gasteiger partial charge is 0.232 e. The van der Waals surface area contributed by atoms with E-state index in [9.17, 15) is 8.78 Å². The molecule has 0 bridgehead atoms. The van der Waals surface area contributed by atoms with Gasteiger partial charge in [-0.1, -0.05) is 17.8 Å². The van der Waals surface area contributed by atoms with Crippen LogP contribution in [0.25, 0.3) is 11.9 Å². The first-order chi connectivity index (χ1) is 16.2. The number of hydrogen-bond acceptors (Lipinski definition) is 8. The lowest BCUT2D eigenvalue weighted by atomic mass is 9.82. The molecule has 3 heterocycles. The lowest BCUT2D eigenvalue weighted by molar-refractivity contribution is -0.0514. The highest BCUT2D eigenvalue weighted by molar-refractivity contribution is 8.15. The van der Waals surface area contributed by atoms with E-state index in [1.807, 2.05) is 13.8 Å². The predicted molar refractivity (Wildman–Crippen MR) is 129 cm³/mol. The van der Waals surface area contributed by atoms with E-state index in [-0.39, 0.29) is 10.4 Å². The molecule has 34 heavy (non-hydrogen) atoms. The second-order valence-corrected chi connectivity index (χ2v) is 10.7. The van der Waals surface area contributed by atoms with Gasteiger partial charge >= 0.3 is 0 Å². The Bertz CT molecular complexity index is 1090. The zero-order valence-corrected chi connectivity index (χ0v) is 20.2. The molecular formula is C24H28F2N4O3S. The van der Waals surface area contributed by atoms with Crippen LogP contribution in [-0.2, 0) is 15.0 Å². The minimum absolute atomic E-state index is 0.0559. The second-order valence-electron chi connectivity index (χ2n) is 9.07. The molecule has 7 nitrogen and oxygen atoms in total. The van der Waals surface area contributed by atoms with Gasteiger partial charge in [-0.2, -0.15) is 0 Å². The molecule has 182 valence electrons. The Hall–Kier alpha value is -2.56. The van der Waals surface area contributed by atoms with Gasteiger partial charge in [0.15, 0.2) is 11.0 Å².